The molecule has 0 spiro atoms. The summed E-state index contributed by atoms with van der Waals surface area (Å²) in [7, 11) is 0. The van der Waals surface area contributed by atoms with Gasteiger partial charge in [-0.1, -0.05) is 41.4 Å². The number of hydrogen-bond donors (Lipinski definition) is 1. The molecule has 0 aromatic heterocycles. The fourth-order valence-electron chi connectivity index (χ4n) is 2.22. The van der Waals surface area contributed by atoms with Crippen LogP contribution in [0.25, 0.3) is 11.6 Å². The Hall–Kier alpha value is -2.68. The summed E-state index contributed by atoms with van der Waals surface area (Å²) in [5.41, 5.74) is 1.54. The van der Waals surface area contributed by atoms with Gasteiger partial charge in [-0.05, 0) is 36.8 Å². The van der Waals surface area contributed by atoms with E-state index in [1.807, 2.05) is 0 Å². The number of aliphatic carboxylic acids is 1. The van der Waals surface area contributed by atoms with Crippen molar-refractivity contribution in [1.29, 1.82) is 5.26 Å². The third-order valence-electron chi connectivity index (χ3n) is 3.27. The first kappa shape index (κ1) is 19.6. The molecule has 0 heterocycles. The van der Waals surface area contributed by atoms with Crippen LogP contribution in [0.4, 0.5) is 0 Å². The second kappa shape index (κ2) is 9.14. The third kappa shape index (κ3) is 4.92. The lowest BCUT2D eigenvalue weighted by molar-refractivity contribution is -0.139. The van der Waals surface area contributed by atoms with E-state index in [4.69, 9.17) is 37.8 Å². The average Bonchev–Trinajstić information content (AvgIpc) is 2.59. The normalized spacial score (nSPS) is 10.9. The van der Waals surface area contributed by atoms with E-state index in [1.165, 1.54) is 0 Å². The summed E-state index contributed by atoms with van der Waals surface area (Å²) >= 11 is 12.4. The van der Waals surface area contributed by atoms with Crippen LogP contribution in [0.5, 0.6) is 11.5 Å². The number of carboxylic acid groups (broad SMARTS) is 1. The zero-order valence-corrected chi connectivity index (χ0v) is 15.3. The van der Waals surface area contributed by atoms with Gasteiger partial charge in [0, 0.05) is 10.6 Å². The van der Waals surface area contributed by atoms with E-state index in [1.54, 1.807) is 49.4 Å². The minimum atomic E-state index is -1.13. The third-order valence-corrected chi connectivity index (χ3v) is 3.88. The SMILES string of the molecule is CCOc1cc(C=C(C#N)c2ccccc2Cl)cc(Cl)c1OCC(=O)O. The second-order valence-electron chi connectivity index (χ2n) is 5.10. The Morgan fingerprint density at radius 2 is 1.96 bits per heavy atom. The predicted octanol–water partition coefficient (Wildman–Crippen LogP) is 4.92. The first-order chi connectivity index (χ1) is 12.5. The minimum Gasteiger partial charge on any atom is -0.490 e. The lowest BCUT2D eigenvalue weighted by atomic mass is 10.0. The molecule has 134 valence electrons. The van der Waals surface area contributed by atoms with Crippen LogP contribution >= 0.6 is 23.2 Å². The summed E-state index contributed by atoms with van der Waals surface area (Å²) in [6.45, 7) is 1.57. The van der Waals surface area contributed by atoms with Crippen molar-refractivity contribution in [3.8, 4) is 17.6 Å². The van der Waals surface area contributed by atoms with Crippen molar-refractivity contribution in [2.75, 3.05) is 13.2 Å². The Morgan fingerprint density at radius 1 is 1.23 bits per heavy atom. The van der Waals surface area contributed by atoms with Crippen LogP contribution in [0.3, 0.4) is 0 Å². The molecule has 0 aliphatic heterocycles. The summed E-state index contributed by atoms with van der Waals surface area (Å²) in [5.74, 6) is -0.689. The number of hydrogen-bond acceptors (Lipinski definition) is 4. The zero-order valence-electron chi connectivity index (χ0n) is 13.8. The van der Waals surface area contributed by atoms with Crippen LogP contribution in [-0.4, -0.2) is 24.3 Å². The van der Waals surface area contributed by atoms with Crippen molar-refractivity contribution < 1.29 is 19.4 Å². The molecule has 5 nitrogen and oxygen atoms in total. The maximum atomic E-state index is 10.7. The highest BCUT2D eigenvalue weighted by Gasteiger charge is 2.14. The van der Waals surface area contributed by atoms with Crippen LogP contribution in [-0.2, 0) is 4.79 Å². The molecule has 0 saturated heterocycles. The van der Waals surface area contributed by atoms with Crippen molar-refractivity contribution in [2.45, 2.75) is 6.92 Å². The van der Waals surface area contributed by atoms with Crippen molar-refractivity contribution >= 4 is 40.8 Å². The minimum absolute atomic E-state index is 0.143. The van der Waals surface area contributed by atoms with Gasteiger partial charge in [0.05, 0.1) is 23.3 Å². The Balaban J connectivity index is 2.48. The van der Waals surface area contributed by atoms with Crippen LogP contribution in [0, 0.1) is 11.3 Å². The number of nitriles is 1. The van der Waals surface area contributed by atoms with E-state index in [-0.39, 0.29) is 10.8 Å². The summed E-state index contributed by atoms with van der Waals surface area (Å²) in [4.78, 5) is 10.7. The fraction of sp³-hybridized carbons (Fsp3) is 0.158. The van der Waals surface area contributed by atoms with E-state index in [9.17, 15) is 10.1 Å². The number of carboxylic acids is 1. The van der Waals surface area contributed by atoms with E-state index >= 15 is 0 Å². The van der Waals surface area contributed by atoms with Gasteiger partial charge in [0.25, 0.3) is 0 Å². The highest BCUT2D eigenvalue weighted by molar-refractivity contribution is 6.33. The van der Waals surface area contributed by atoms with Crippen LogP contribution in [0.1, 0.15) is 18.1 Å². The summed E-state index contributed by atoms with van der Waals surface area (Å²) < 4.78 is 10.7. The number of rotatable bonds is 7. The highest BCUT2D eigenvalue weighted by Crippen LogP contribution is 2.38. The number of ether oxygens (including phenoxy) is 2. The lowest BCUT2D eigenvalue weighted by Gasteiger charge is -2.13. The average molecular weight is 392 g/mol. The van der Waals surface area contributed by atoms with E-state index in [2.05, 4.69) is 6.07 Å². The Morgan fingerprint density at radius 3 is 2.58 bits per heavy atom. The van der Waals surface area contributed by atoms with Gasteiger partial charge in [0.15, 0.2) is 18.1 Å². The summed E-state index contributed by atoms with van der Waals surface area (Å²) in [6, 6.07) is 12.3. The van der Waals surface area contributed by atoms with Gasteiger partial charge in [-0.3, -0.25) is 0 Å². The molecule has 0 atom stereocenters. The van der Waals surface area contributed by atoms with E-state index in [0.717, 1.165) is 0 Å². The Kier molecular flexibility index (Phi) is 6.90. The number of benzene rings is 2. The Bertz CT molecular complexity index is 888. The molecule has 0 aliphatic rings. The molecule has 0 aliphatic carbocycles. The molecule has 1 N–H and O–H groups in total. The zero-order chi connectivity index (χ0) is 19.1. The largest absolute Gasteiger partial charge is 0.490 e. The van der Waals surface area contributed by atoms with E-state index in [0.29, 0.717) is 34.1 Å². The van der Waals surface area contributed by atoms with Gasteiger partial charge >= 0.3 is 5.97 Å². The second-order valence-corrected chi connectivity index (χ2v) is 5.91. The van der Waals surface area contributed by atoms with Gasteiger partial charge < -0.3 is 14.6 Å². The number of halogens is 2. The first-order valence-corrected chi connectivity index (χ1v) is 8.39. The predicted molar refractivity (Wildman–Crippen MR) is 101 cm³/mol. The van der Waals surface area contributed by atoms with Gasteiger partial charge in [0.2, 0.25) is 0 Å². The Labute approximate surface area is 161 Å². The van der Waals surface area contributed by atoms with Crippen molar-refractivity contribution in [2.24, 2.45) is 0 Å². The number of nitrogens with zero attached hydrogens (tertiary/aromatic N) is 1. The topological polar surface area (TPSA) is 79.5 Å². The van der Waals surface area contributed by atoms with Crippen LogP contribution < -0.4 is 9.47 Å². The number of allylic oxidation sites excluding steroid dienone is 1. The lowest BCUT2D eigenvalue weighted by Crippen LogP contribution is -2.10. The van der Waals surface area contributed by atoms with Gasteiger partial charge in [0.1, 0.15) is 0 Å². The molecule has 0 saturated carbocycles. The molecular formula is C19H15Cl2NO4. The monoisotopic (exact) mass is 391 g/mol. The molecule has 26 heavy (non-hydrogen) atoms. The smallest absolute Gasteiger partial charge is 0.341 e. The summed E-state index contributed by atoms with van der Waals surface area (Å²) in [6.07, 6.45) is 1.62. The molecule has 7 heteroatoms. The molecule has 0 fully saturated rings. The maximum absolute atomic E-state index is 10.7. The van der Waals surface area contributed by atoms with Crippen molar-refractivity contribution in [3.63, 3.8) is 0 Å². The molecule has 0 amide bonds. The van der Waals surface area contributed by atoms with Crippen molar-refractivity contribution in [3.05, 3.63) is 57.6 Å². The molecule has 2 rings (SSSR count). The molecule has 2 aromatic rings. The molecule has 0 bridgehead atoms. The first-order valence-electron chi connectivity index (χ1n) is 7.63. The van der Waals surface area contributed by atoms with Gasteiger partial charge in [-0.25, -0.2) is 4.79 Å². The van der Waals surface area contributed by atoms with E-state index < -0.39 is 12.6 Å². The molecule has 2 aromatic carbocycles. The fourth-order valence-corrected chi connectivity index (χ4v) is 2.74. The van der Waals surface area contributed by atoms with Gasteiger partial charge in [-0.15, -0.1) is 0 Å². The molecule has 0 radical (unpaired) electrons. The van der Waals surface area contributed by atoms with Crippen LogP contribution in [0.15, 0.2) is 36.4 Å². The molecular weight excluding hydrogens is 377 g/mol. The van der Waals surface area contributed by atoms with Crippen LogP contribution in [0.2, 0.25) is 10.0 Å². The van der Waals surface area contributed by atoms with Crippen molar-refractivity contribution in [1.82, 2.24) is 0 Å². The standard InChI is InChI=1S/C19H15Cl2NO4/c1-2-25-17-9-12(8-16(21)19(17)26-11-18(23)24)7-13(10-22)14-5-3-4-6-15(14)20/h3-9H,2,11H2,1H3,(H,23,24). The van der Waals surface area contributed by atoms with Gasteiger partial charge in [-0.2, -0.15) is 5.26 Å². The number of carbonyl (C=O) groups is 1. The quantitative estimate of drug-likeness (QED) is 0.535. The molecule has 0 unspecified atom stereocenters. The summed E-state index contributed by atoms with van der Waals surface area (Å²) in [5, 5.41) is 18.9. The maximum Gasteiger partial charge on any atom is 0.341 e. The highest BCUT2D eigenvalue weighted by atomic mass is 35.5.